The monoisotopic (exact) mass is 625 g/mol. The van der Waals surface area contributed by atoms with Gasteiger partial charge in [-0.3, -0.25) is 0 Å². The van der Waals surface area contributed by atoms with Gasteiger partial charge in [0.1, 0.15) is 0 Å². The molecule has 6 aromatic carbocycles. The van der Waals surface area contributed by atoms with Crippen molar-refractivity contribution in [2.45, 2.75) is 37.4 Å². The molecule has 0 amide bonds. The van der Waals surface area contributed by atoms with Crippen molar-refractivity contribution in [2.75, 3.05) is 0 Å². The highest BCUT2D eigenvalue weighted by Crippen LogP contribution is 2.56. The third kappa shape index (κ3) is 4.86. The second-order valence-electron chi connectivity index (χ2n) is 12.1. The minimum atomic E-state index is -1.94. The predicted molar refractivity (Wildman–Crippen MR) is 196 cm³/mol. The Morgan fingerprint density at radius 3 is 1.73 bits per heavy atom. The molecule has 48 heavy (non-hydrogen) atoms. The lowest BCUT2D eigenvalue weighted by molar-refractivity contribution is 0.353. The Bertz CT molecular complexity index is 2610. The SMILES string of the molecule is [2H]c1c([2H])c(-c2ccc3c(c2)C2(c4ccccc4-3)C([2H])([2H])CCCC2([2H])[2H])c([2H])c(-c2ccccc2-c2nc(-c3ccccc3)nc(-c3ccccc3)n2)c1[2H]. The molecule has 0 atom stereocenters. The van der Waals surface area contributed by atoms with Gasteiger partial charge in [0.25, 0.3) is 0 Å². The predicted octanol–water partition coefficient (Wildman–Crippen LogP) is 11.4. The van der Waals surface area contributed by atoms with E-state index in [0.29, 0.717) is 57.3 Å². The van der Waals surface area contributed by atoms with Crippen LogP contribution in [-0.2, 0) is 5.41 Å². The highest BCUT2D eigenvalue weighted by Gasteiger charge is 2.43. The highest BCUT2D eigenvalue weighted by molar-refractivity contribution is 5.87. The van der Waals surface area contributed by atoms with Crippen LogP contribution in [0.2, 0.25) is 0 Å². The molecule has 0 unspecified atom stereocenters. The van der Waals surface area contributed by atoms with Crippen LogP contribution in [0.4, 0.5) is 0 Å². The largest absolute Gasteiger partial charge is 0.208 e. The van der Waals surface area contributed by atoms with Gasteiger partial charge in [0, 0.05) is 27.6 Å². The summed E-state index contributed by atoms with van der Waals surface area (Å²) in [6, 6.07) is 37.9. The lowest BCUT2D eigenvalue weighted by Gasteiger charge is -2.36. The molecule has 1 fully saturated rings. The molecular weight excluding hydrogens is 583 g/mol. The van der Waals surface area contributed by atoms with Crippen LogP contribution >= 0.6 is 0 Å². The van der Waals surface area contributed by atoms with Gasteiger partial charge in [-0.15, -0.1) is 0 Å². The highest BCUT2D eigenvalue weighted by atomic mass is 15.0. The fourth-order valence-corrected chi connectivity index (χ4v) is 6.97. The summed E-state index contributed by atoms with van der Waals surface area (Å²) in [6.45, 7) is 0. The van der Waals surface area contributed by atoms with E-state index < -0.39 is 18.2 Å². The van der Waals surface area contributed by atoms with Gasteiger partial charge in [-0.25, -0.2) is 15.0 Å². The van der Waals surface area contributed by atoms with Crippen molar-refractivity contribution >= 4 is 0 Å². The quantitative estimate of drug-likeness (QED) is 0.191. The first-order valence-electron chi connectivity index (χ1n) is 20.3. The molecule has 1 saturated carbocycles. The third-order valence-electron chi connectivity index (χ3n) is 9.23. The maximum absolute atomic E-state index is 9.71. The van der Waals surface area contributed by atoms with E-state index in [-0.39, 0.29) is 48.1 Å². The standard InChI is InChI=1S/C45H35N3/c1-4-15-31(16-5-1)42-46-43(32-17-6-2-7-18-32)48-44(47-42)39-23-9-8-21-36(39)35-20-14-19-33(29-35)34-25-26-38-37-22-10-11-24-40(37)45(41(38)30-34)27-12-3-13-28-45/h1-2,4-11,14-26,29-30H,3,12-13,27-28H2/i14D,19D,20D,27D2,28D2,29D. The second kappa shape index (κ2) is 11.8. The van der Waals surface area contributed by atoms with Crippen LogP contribution in [0, 0.1) is 0 Å². The number of aromatic nitrogens is 3. The number of hydrogen-bond acceptors (Lipinski definition) is 3. The molecule has 1 aromatic heterocycles. The zero-order valence-electron chi connectivity index (χ0n) is 34.1. The summed E-state index contributed by atoms with van der Waals surface area (Å²) in [4.78, 5) is 14.6. The molecule has 3 nitrogen and oxygen atoms in total. The fourth-order valence-electron chi connectivity index (χ4n) is 6.97. The zero-order valence-corrected chi connectivity index (χ0v) is 26.1. The Labute approximate surface area is 293 Å². The van der Waals surface area contributed by atoms with Gasteiger partial charge in [0.2, 0.25) is 0 Å². The Balaban J connectivity index is 1.27. The summed E-state index contributed by atoms with van der Waals surface area (Å²) in [5.74, 6) is 1.20. The van der Waals surface area contributed by atoms with Crippen molar-refractivity contribution in [2.24, 2.45) is 0 Å². The van der Waals surface area contributed by atoms with Gasteiger partial charge < -0.3 is 0 Å². The Morgan fingerprint density at radius 1 is 0.458 bits per heavy atom. The summed E-state index contributed by atoms with van der Waals surface area (Å²) in [5.41, 5.74) is 4.04. The second-order valence-corrected chi connectivity index (χ2v) is 12.1. The van der Waals surface area contributed by atoms with Crippen molar-refractivity contribution in [3.63, 3.8) is 0 Å². The summed E-state index contributed by atoms with van der Waals surface area (Å²) in [6.07, 6.45) is -3.13. The van der Waals surface area contributed by atoms with Crippen LogP contribution in [0.25, 0.3) is 67.5 Å². The molecule has 9 rings (SSSR count). The van der Waals surface area contributed by atoms with Crippen LogP contribution in [0.1, 0.15) is 54.1 Å². The van der Waals surface area contributed by atoms with E-state index in [1.165, 1.54) is 0 Å². The Morgan fingerprint density at radius 2 is 1.02 bits per heavy atom. The maximum Gasteiger partial charge on any atom is 0.164 e. The molecule has 1 heterocycles. The van der Waals surface area contributed by atoms with Gasteiger partial charge in [0.05, 0.1) is 5.48 Å². The van der Waals surface area contributed by atoms with Crippen molar-refractivity contribution < 1.29 is 11.0 Å². The van der Waals surface area contributed by atoms with E-state index in [4.69, 9.17) is 17.7 Å². The minimum Gasteiger partial charge on any atom is -0.208 e. The summed E-state index contributed by atoms with van der Waals surface area (Å²) >= 11 is 0. The lowest BCUT2D eigenvalue weighted by Crippen LogP contribution is -2.28. The smallest absolute Gasteiger partial charge is 0.164 e. The first-order chi connectivity index (χ1) is 26.9. The van der Waals surface area contributed by atoms with Crippen LogP contribution in [0.5, 0.6) is 0 Å². The first-order valence-corrected chi connectivity index (χ1v) is 16.3. The van der Waals surface area contributed by atoms with E-state index in [9.17, 15) is 8.22 Å². The van der Waals surface area contributed by atoms with Gasteiger partial charge >= 0.3 is 0 Å². The molecule has 0 aliphatic heterocycles. The molecule has 3 heteroatoms. The zero-order chi connectivity index (χ0) is 39.0. The van der Waals surface area contributed by atoms with E-state index in [1.54, 1.807) is 24.3 Å². The van der Waals surface area contributed by atoms with Crippen molar-refractivity contribution in [3.8, 4) is 67.5 Å². The number of benzene rings is 6. The van der Waals surface area contributed by atoms with Crippen molar-refractivity contribution in [1.29, 1.82) is 0 Å². The van der Waals surface area contributed by atoms with Gasteiger partial charge in [-0.05, 0) is 69.4 Å². The number of nitrogens with zero attached hydrogens (tertiary/aromatic N) is 3. The van der Waals surface area contributed by atoms with Crippen LogP contribution < -0.4 is 0 Å². The van der Waals surface area contributed by atoms with Gasteiger partial charge in [-0.2, -0.15) is 0 Å². The van der Waals surface area contributed by atoms with Gasteiger partial charge in [-0.1, -0.05) is 159 Å². The average Bonchev–Trinajstić information content (AvgIpc) is 3.52. The van der Waals surface area contributed by atoms with Gasteiger partial charge in [0.15, 0.2) is 17.5 Å². The van der Waals surface area contributed by atoms with Crippen LogP contribution in [-0.4, -0.2) is 15.0 Å². The summed E-state index contributed by atoms with van der Waals surface area (Å²) < 4.78 is 74.6. The van der Waals surface area contributed by atoms with Crippen LogP contribution in [0.15, 0.2) is 152 Å². The van der Waals surface area contributed by atoms with E-state index >= 15 is 0 Å². The number of fused-ring (bicyclic) bond motifs is 5. The molecular formula is C45H35N3. The van der Waals surface area contributed by atoms with E-state index in [0.717, 1.165) is 16.7 Å². The normalized spacial score (nSPS) is 18.9. The molecule has 230 valence electrons. The molecule has 0 bridgehead atoms. The number of hydrogen-bond donors (Lipinski definition) is 0. The van der Waals surface area contributed by atoms with E-state index in [2.05, 4.69) is 0 Å². The fraction of sp³-hybridized carbons (Fsp3) is 0.133. The molecule has 1 spiro atoms. The topological polar surface area (TPSA) is 38.7 Å². The average molecular weight is 626 g/mol. The minimum absolute atomic E-state index is 0.104. The van der Waals surface area contributed by atoms with Crippen molar-refractivity contribution in [1.82, 2.24) is 15.0 Å². The van der Waals surface area contributed by atoms with Crippen LogP contribution in [0.3, 0.4) is 0 Å². The molecule has 0 N–H and O–H groups in total. The summed E-state index contributed by atoms with van der Waals surface area (Å²) in [5, 5.41) is 0. The number of rotatable bonds is 5. The summed E-state index contributed by atoms with van der Waals surface area (Å²) in [7, 11) is 0. The molecule has 7 aromatic rings. The molecule has 0 saturated heterocycles. The first kappa shape index (κ1) is 21.3. The third-order valence-corrected chi connectivity index (χ3v) is 9.23. The van der Waals surface area contributed by atoms with Crippen molar-refractivity contribution in [3.05, 3.63) is 163 Å². The Kier molecular flexibility index (Phi) is 5.24. The Hall–Kier alpha value is -5.67. The molecule has 2 aliphatic rings. The molecule has 0 radical (unpaired) electrons. The molecule has 2 aliphatic carbocycles. The maximum atomic E-state index is 9.71. The van der Waals surface area contributed by atoms with E-state index in [1.807, 2.05) is 103 Å². The lowest BCUT2D eigenvalue weighted by atomic mass is 9.67.